The van der Waals surface area contributed by atoms with Crippen LogP contribution in [0.4, 0.5) is 11.4 Å². The third-order valence-corrected chi connectivity index (χ3v) is 7.88. The minimum absolute atomic E-state index is 0.0314. The predicted octanol–water partition coefficient (Wildman–Crippen LogP) is 6.83. The molecule has 0 amide bonds. The molecule has 3 heterocycles. The van der Waals surface area contributed by atoms with E-state index in [1.165, 1.54) is 44.3 Å². The zero-order valence-electron chi connectivity index (χ0n) is 20.3. The summed E-state index contributed by atoms with van der Waals surface area (Å²) in [5, 5.41) is 13.9. The average Bonchev–Trinajstić information content (AvgIpc) is 3.52. The molecule has 4 aromatic rings. The van der Waals surface area contributed by atoms with E-state index in [9.17, 15) is 0 Å². The number of benzene rings is 4. The van der Waals surface area contributed by atoms with Crippen molar-refractivity contribution >= 4 is 22.1 Å². The Morgan fingerprint density at radius 1 is 0.703 bits per heavy atom. The van der Waals surface area contributed by atoms with Crippen LogP contribution < -0.4 is 20.9 Å². The molecule has 0 bridgehead atoms. The molecule has 2 unspecified atom stereocenters. The highest BCUT2D eigenvalue weighted by atomic mass is 15.4. The van der Waals surface area contributed by atoms with E-state index in [1.807, 2.05) is 0 Å². The van der Waals surface area contributed by atoms with Crippen molar-refractivity contribution in [3.63, 3.8) is 0 Å². The number of allylic oxidation sites excluding steroid dienone is 4. The van der Waals surface area contributed by atoms with Gasteiger partial charge in [-0.15, -0.1) is 0 Å². The molecule has 178 valence electrons. The van der Waals surface area contributed by atoms with E-state index in [0.29, 0.717) is 0 Å². The summed E-state index contributed by atoms with van der Waals surface area (Å²) in [5.41, 5.74) is 10.1. The molecular weight excluding hydrogens is 452 g/mol. The lowest BCUT2D eigenvalue weighted by molar-refractivity contribution is 0.631. The van der Waals surface area contributed by atoms with Crippen LogP contribution in [-0.2, 0) is 0 Å². The maximum Gasteiger partial charge on any atom is 0.146 e. The third-order valence-electron chi connectivity index (χ3n) is 7.88. The maximum absolute atomic E-state index is 3.89. The monoisotopic (exact) mass is 478 g/mol. The van der Waals surface area contributed by atoms with Gasteiger partial charge >= 0.3 is 0 Å². The largest absolute Gasteiger partial charge is 0.375 e. The fourth-order valence-corrected chi connectivity index (χ4v) is 6.26. The Kier molecular flexibility index (Phi) is 4.38. The van der Waals surface area contributed by atoms with Crippen LogP contribution in [0.3, 0.4) is 0 Å². The van der Waals surface area contributed by atoms with E-state index in [2.05, 4.69) is 136 Å². The van der Waals surface area contributed by atoms with Gasteiger partial charge < -0.3 is 16.0 Å². The van der Waals surface area contributed by atoms with Gasteiger partial charge in [0.05, 0.1) is 23.1 Å². The molecule has 3 N–H and O–H groups in total. The minimum Gasteiger partial charge on any atom is -0.375 e. The molecule has 4 heteroatoms. The van der Waals surface area contributed by atoms with Gasteiger partial charge in [-0.1, -0.05) is 91.0 Å². The van der Waals surface area contributed by atoms with Gasteiger partial charge in [0.1, 0.15) is 12.0 Å². The van der Waals surface area contributed by atoms with Crippen LogP contribution >= 0.6 is 0 Å². The van der Waals surface area contributed by atoms with E-state index >= 15 is 0 Å². The smallest absolute Gasteiger partial charge is 0.146 e. The summed E-state index contributed by atoms with van der Waals surface area (Å²) in [6.45, 7) is 0.829. The Labute approximate surface area is 216 Å². The van der Waals surface area contributed by atoms with Gasteiger partial charge in [-0.05, 0) is 62.9 Å². The molecule has 0 spiro atoms. The van der Waals surface area contributed by atoms with Crippen LogP contribution in [0.25, 0.3) is 33.0 Å². The van der Waals surface area contributed by atoms with Crippen LogP contribution in [0.5, 0.6) is 0 Å². The topological polar surface area (TPSA) is 39.3 Å². The van der Waals surface area contributed by atoms with E-state index in [4.69, 9.17) is 0 Å². The van der Waals surface area contributed by atoms with Gasteiger partial charge in [0.25, 0.3) is 0 Å². The number of hydrogen-bond donors (Lipinski definition) is 3. The second-order valence-electron chi connectivity index (χ2n) is 9.90. The van der Waals surface area contributed by atoms with Crippen LogP contribution in [0, 0.1) is 0 Å². The highest BCUT2D eigenvalue weighted by molar-refractivity contribution is 6.16. The van der Waals surface area contributed by atoms with Crippen LogP contribution in [-0.4, -0.2) is 12.7 Å². The third kappa shape index (κ3) is 3.02. The summed E-state index contributed by atoms with van der Waals surface area (Å²) in [5.74, 6) is 1.10. The average molecular weight is 479 g/mol. The van der Waals surface area contributed by atoms with Gasteiger partial charge in [-0.3, -0.25) is 4.90 Å². The second kappa shape index (κ2) is 7.90. The summed E-state index contributed by atoms with van der Waals surface area (Å²) in [7, 11) is 0. The summed E-state index contributed by atoms with van der Waals surface area (Å²) in [6.07, 6.45) is 13.0. The fraction of sp³-hybridized carbons (Fsp3) is 0.0909. The van der Waals surface area contributed by atoms with Crippen molar-refractivity contribution in [2.24, 2.45) is 0 Å². The molecular formula is C33H26N4. The molecule has 8 rings (SSSR count). The maximum atomic E-state index is 3.89. The van der Waals surface area contributed by atoms with E-state index < -0.39 is 0 Å². The minimum atomic E-state index is -0.0314. The van der Waals surface area contributed by atoms with E-state index in [0.717, 1.165) is 23.8 Å². The normalized spacial score (nSPS) is 20.5. The molecule has 0 saturated carbocycles. The number of para-hydroxylation sites is 2. The van der Waals surface area contributed by atoms with Gasteiger partial charge in [0, 0.05) is 6.54 Å². The Balaban J connectivity index is 1.18. The Morgan fingerprint density at radius 2 is 1.51 bits per heavy atom. The van der Waals surface area contributed by atoms with E-state index in [1.54, 1.807) is 0 Å². The number of dihydropyridines is 2. The molecule has 0 aromatic heterocycles. The Morgan fingerprint density at radius 3 is 2.38 bits per heavy atom. The van der Waals surface area contributed by atoms with Crippen LogP contribution in [0.2, 0.25) is 0 Å². The predicted molar refractivity (Wildman–Crippen MR) is 153 cm³/mol. The number of anilines is 2. The van der Waals surface area contributed by atoms with Gasteiger partial charge in [0.15, 0.2) is 0 Å². The lowest BCUT2D eigenvalue weighted by Crippen LogP contribution is -2.45. The molecule has 4 aromatic carbocycles. The van der Waals surface area contributed by atoms with Gasteiger partial charge in [-0.25, -0.2) is 0 Å². The first-order valence-corrected chi connectivity index (χ1v) is 12.9. The zero-order valence-corrected chi connectivity index (χ0v) is 20.3. The molecule has 2 atom stereocenters. The molecule has 0 radical (unpaired) electrons. The SMILES string of the molecule is C1=CCNC(N2c3ccccc3NC2C2=CC=CC(c3ccc4c5c(cccc35)-c3ccccc3-4)N2)=C1. The highest BCUT2D eigenvalue weighted by Crippen LogP contribution is 2.48. The second-order valence-corrected chi connectivity index (χ2v) is 9.90. The number of nitrogens with zero attached hydrogens (tertiary/aromatic N) is 1. The summed E-state index contributed by atoms with van der Waals surface area (Å²) in [4.78, 5) is 2.36. The number of fused-ring (bicyclic) bond motifs is 4. The Hall–Kier alpha value is -4.70. The number of nitrogens with one attached hydrogen (secondary N) is 3. The molecule has 0 fully saturated rings. The van der Waals surface area contributed by atoms with Crippen molar-refractivity contribution in [1.82, 2.24) is 10.6 Å². The van der Waals surface area contributed by atoms with Crippen molar-refractivity contribution in [3.05, 3.63) is 132 Å². The first-order valence-electron chi connectivity index (χ1n) is 12.9. The lowest BCUT2D eigenvalue weighted by atomic mass is 9.93. The first kappa shape index (κ1) is 20.5. The molecule has 4 aliphatic rings. The van der Waals surface area contributed by atoms with Crippen molar-refractivity contribution in [2.45, 2.75) is 12.2 Å². The first-order chi connectivity index (χ1) is 18.4. The quantitative estimate of drug-likeness (QED) is 0.266. The summed E-state index contributed by atoms with van der Waals surface area (Å²) < 4.78 is 0. The summed E-state index contributed by atoms with van der Waals surface area (Å²) in [6, 6.07) is 28.7. The molecule has 37 heavy (non-hydrogen) atoms. The standard InChI is InChI=1S/C33H26N4/c1-2-10-22-21(9-1)24-11-7-12-25-23(18-19-26(22)32(24)25)27-14-8-15-29(35-27)33-36-28-13-3-4-16-30(28)37(33)31-17-5-6-20-34-31/h1-19,27,33-36H,20H2. The zero-order chi connectivity index (χ0) is 24.3. The van der Waals surface area contributed by atoms with Crippen molar-refractivity contribution < 1.29 is 0 Å². The molecule has 1 aliphatic carbocycles. The molecule has 3 aliphatic heterocycles. The molecule has 0 saturated heterocycles. The molecule has 4 nitrogen and oxygen atoms in total. The van der Waals surface area contributed by atoms with Gasteiger partial charge in [-0.2, -0.15) is 0 Å². The Bertz CT molecular complexity index is 1680. The van der Waals surface area contributed by atoms with Crippen LogP contribution in [0.15, 0.2) is 127 Å². The number of hydrogen-bond acceptors (Lipinski definition) is 4. The van der Waals surface area contributed by atoms with Crippen molar-refractivity contribution in [2.75, 3.05) is 16.8 Å². The fourth-order valence-electron chi connectivity index (χ4n) is 6.26. The van der Waals surface area contributed by atoms with Crippen molar-refractivity contribution in [3.8, 4) is 22.3 Å². The number of rotatable bonds is 3. The van der Waals surface area contributed by atoms with Crippen LogP contribution in [0.1, 0.15) is 11.6 Å². The van der Waals surface area contributed by atoms with Gasteiger partial charge in [0.2, 0.25) is 0 Å². The summed E-state index contributed by atoms with van der Waals surface area (Å²) >= 11 is 0. The van der Waals surface area contributed by atoms with Crippen molar-refractivity contribution in [1.29, 1.82) is 0 Å². The highest BCUT2D eigenvalue weighted by Gasteiger charge is 2.35. The lowest BCUT2D eigenvalue weighted by Gasteiger charge is -2.34. The van der Waals surface area contributed by atoms with E-state index in [-0.39, 0.29) is 12.2 Å².